The molecule has 1 amide bonds. The van der Waals surface area contributed by atoms with Gasteiger partial charge in [-0.05, 0) is 27.2 Å². The van der Waals surface area contributed by atoms with Crippen molar-refractivity contribution in [2.45, 2.75) is 38.7 Å². The lowest BCUT2D eigenvalue weighted by Gasteiger charge is -2.18. The van der Waals surface area contributed by atoms with E-state index in [0.717, 1.165) is 17.8 Å². The molecule has 2 rings (SSSR count). The van der Waals surface area contributed by atoms with Crippen molar-refractivity contribution in [1.82, 2.24) is 4.98 Å². The average Bonchev–Trinajstić information content (AvgIpc) is 2.92. The van der Waals surface area contributed by atoms with Crippen LogP contribution in [0.25, 0.3) is 0 Å². The third-order valence-corrected chi connectivity index (χ3v) is 3.90. The van der Waals surface area contributed by atoms with E-state index in [1.807, 2.05) is 0 Å². The van der Waals surface area contributed by atoms with Crippen molar-refractivity contribution in [3.05, 3.63) is 10.6 Å². The smallest absolute Gasteiger partial charge is 0.413 e. The van der Waals surface area contributed by atoms with Gasteiger partial charge < -0.3 is 14.6 Å². The van der Waals surface area contributed by atoms with Gasteiger partial charge in [-0.25, -0.2) is 14.6 Å². The summed E-state index contributed by atoms with van der Waals surface area (Å²) in [5.41, 5.74) is -0.652. The van der Waals surface area contributed by atoms with Crippen LogP contribution in [0.15, 0.2) is 0 Å². The summed E-state index contributed by atoms with van der Waals surface area (Å²) in [5, 5.41) is 11.9. The number of aromatic nitrogens is 1. The predicted octanol–water partition coefficient (Wildman–Crippen LogP) is 2.69. The molecule has 1 aliphatic heterocycles. The van der Waals surface area contributed by atoms with Crippen LogP contribution in [0.2, 0.25) is 0 Å². The van der Waals surface area contributed by atoms with Gasteiger partial charge in [-0.15, -0.1) is 11.3 Å². The molecule has 1 aromatic heterocycles. The average molecular weight is 314 g/mol. The molecule has 2 heterocycles. The van der Waals surface area contributed by atoms with Gasteiger partial charge in [-0.3, -0.25) is 5.32 Å². The second kappa shape index (κ2) is 5.98. The van der Waals surface area contributed by atoms with E-state index in [-0.39, 0.29) is 16.7 Å². The highest BCUT2D eigenvalue weighted by Gasteiger charge is 2.28. The van der Waals surface area contributed by atoms with Crippen molar-refractivity contribution >= 4 is 28.5 Å². The number of anilines is 1. The minimum Gasteiger partial charge on any atom is -0.476 e. The maximum atomic E-state index is 11.7. The molecule has 116 valence electrons. The maximum Gasteiger partial charge on any atom is 0.413 e. The molecule has 2 N–H and O–H groups in total. The fourth-order valence-corrected chi connectivity index (χ4v) is 3.01. The normalized spacial score (nSPS) is 18.5. The van der Waals surface area contributed by atoms with Gasteiger partial charge in [0.1, 0.15) is 5.60 Å². The van der Waals surface area contributed by atoms with Crippen LogP contribution in [0.1, 0.15) is 48.5 Å². The van der Waals surface area contributed by atoms with Crippen LogP contribution in [0.3, 0.4) is 0 Å². The maximum absolute atomic E-state index is 11.7. The van der Waals surface area contributed by atoms with Crippen LogP contribution < -0.4 is 5.32 Å². The monoisotopic (exact) mass is 314 g/mol. The van der Waals surface area contributed by atoms with Gasteiger partial charge >= 0.3 is 12.1 Å². The Labute approximate surface area is 126 Å². The first-order valence-corrected chi connectivity index (χ1v) is 7.39. The zero-order chi connectivity index (χ0) is 15.6. The lowest BCUT2D eigenvalue weighted by Crippen LogP contribution is -2.27. The number of nitrogens with one attached hydrogen (secondary N) is 1. The van der Waals surface area contributed by atoms with Gasteiger partial charge in [0.2, 0.25) is 0 Å². The standard InChI is InChI=1S/C13H18N2O5S/c1-13(2,3)20-12(18)15-11-14-8(10(16)17)9(21-11)7-4-5-19-6-7/h7H,4-6H2,1-3H3,(H,16,17)(H,14,15,18). The van der Waals surface area contributed by atoms with E-state index in [4.69, 9.17) is 9.47 Å². The highest BCUT2D eigenvalue weighted by atomic mass is 32.1. The molecule has 0 radical (unpaired) electrons. The van der Waals surface area contributed by atoms with Gasteiger partial charge in [0.15, 0.2) is 10.8 Å². The van der Waals surface area contributed by atoms with E-state index in [2.05, 4.69) is 10.3 Å². The molecule has 1 unspecified atom stereocenters. The molecule has 0 bridgehead atoms. The summed E-state index contributed by atoms with van der Waals surface area (Å²) in [4.78, 5) is 27.6. The van der Waals surface area contributed by atoms with E-state index >= 15 is 0 Å². The molecule has 1 aliphatic rings. The molecule has 1 aromatic rings. The lowest BCUT2D eigenvalue weighted by atomic mass is 10.1. The molecule has 7 nitrogen and oxygen atoms in total. The fraction of sp³-hybridized carbons (Fsp3) is 0.615. The molecule has 21 heavy (non-hydrogen) atoms. The Balaban J connectivity index is 2.15. The number of rotatable bonds is 3. The summed E-state index contributed by atoms with van der Waals surface area (Å²) in [7, 11) is 0. The number of thiazole rings is 1. The van der Waals surface area contributed by atoms with Crippen molar-refractivity contribution in [1.29, 1.82) is 0 Å². The number of nitrogens with zero attached hydrogens (tertiary/aromatic N) is 1. The van der Waals surface area contributed by atoms with Gasteiger partial charge in [0.25, 0.3) is 0 Å². The molecule has 1 saturated heterocycles. The minimum absolute atomic E-state index is 0.0165. The SMILES string of the molecule is CC(C)(C)OC(=O)Nc1nc(C(=O)O)c(C2CCOC2)s1. The summed E-state index contributed by atoms with van der Waals surface area (Å²) in [6.07, 6.45) is 0.108. The lowest BCUT2D eigenvalue weighted by molar-refractivity contribution is 0.0632. The van der Waals surface area contributed by atoms with Crippen molar-refractivity contribution < 1.29 is 24.2 Å². The summed E-state index contributed by atoms with van der Waals surface area (Å²) in [6, 6.07) is 0. The van der Waals surface area contributed by atoms with Gasteiger partial charge in [-0.2, -0.15) is 0 Å². The Morgan fingerprint density at radius 1 is 1.48 bits per heavy atom. The number of carboxylic acid groups (broad SMARTS) is 1. The molecule has 0 saturated carbocycles. The first-order chi connectivity index (χ1) is 9.76. The summed E-state index contributed by atoms with van der Waals surface area (Å²) in [6.45, 7) is 6.33. The number of amides is 1. The summed E-state index contributed by atoms with van der Waals surface area (Å²) in [5.74, 6) is -1.09. The molecule has 1 fully saturated rings. The zero-order valence-corrected chi connectivity index (χ0v) is 13.0. The zero-order valence-electron chi connectivity index (χ0n) is 12.1. The van der Waals surface area contributed by atoms with Gasteiger partial charge in [0, 0.05) is 17.4 Å². The number of hydrogen-bond donors (Lipinski definition) is 2. The third-order valence-electron chi connectivity index (χ3n) is 2.76. The van der Waals surface area contributed by atoms with Gasteiger partial charge in [-0.1, -0.05) is 0 Å². The first-order valence-electron chi connectivity index (χ1n) is 6.58. The topological polar surface area (TPSA) is 97.8 Å². The van der Waals surface area contributed by atoms with Crippen molar-refractivity contribution in [3.63, 3.8) is 0 Å². The Bertz CT molecular complexity index is 543. The van der Waals surface area contributed by atoms with Crippen LogP contribution in [0.4, 0.5) is 9.93 Å². The largest absolute Gasteiger partial charge is 0.476 e. The van der Waals surface area contributed by atoms with Crippen LogP contribution >= 0.6 is 11.3 Å². The molecular formula is C13H18N2O5S. The number of carbonyl (C=O) groups is 2. The molecule has 0 spiro atoms. The quantitative estimate of drug-likeness (QED) is 0.890. The molecule has 1 atom stereocenters. The fourth-order valence-electron chi connectivity index (χ4n) is 1.95. The van der Waals surface area contributed by atoms with E-state index in [0.29, 0.717) is 18.1 Å². The number of carboxylic acids is 1. The van der Waals surface area contributed by atoms with Crippen molar-refractivity contribution in [2.24, 2.45) is 0 Å². The van der Waals surface area contributed by atoms with Gasteiger partial charge in [0.05, 0.1) is 6.61 Å². The highest BCUT2D eigenvalue weighted by Crippen LogP contribution is 2.35. The molecular weight excluding hydrogens is 296 g/mol. The number of aromatic carboxylic acids is 1. The summed E-state index contributed by atoms with van der Waals surface area (Å²) < 4.78 is 10.4. The van der Waals surface area contributed by atoms with E-state index < -0.39 is 17.7 Å². The second-order valence-corrected chi connectivity index (χ2v) is 6.76. The Kier molecular flexibility index (Phi) is 4.48. The van der Waals surface area contributed by atoms with Crippen molar-refractivity contribution in [3.8, 4) is 0 Å². The molecule has 0 aliphatic carbocycles. The van der Waals surface area contributed by atoms with Crippen LogP contribution in [0, 0.1) is 0 Å². The van der Waals surface area contributed by atoms with Crippen LogP contribution in [0.5, 0.6) is 0 Å². The van der Waals surface area contributed by atoms with E-state index in [1.54, 1.807) is 20.8 Å². The number of hydrogen-bond acceptors (Lipinski definition) is 6. The Morgan fingerprint density at radius 3 is 2.71 bits per heavy atom. The van der Waals surface area contributed by atoms with Crippen molar-refractivity contribution in [2.75, 3.05) is 18.5 Å². The van der Waals surface area contributed by atoms with E-state index in [9.17, 15) is 14.7 Å². The Hall–Kier alpha value is -1.67. The van der Waals surface area contributed by atoms with Crippen LogP contribution in [-0.2, 0) is 9.47 Å². The molecule has 0 aromatic carbocycles. The first kappa shape index (κ1) is 15.7. The second-order valence-electron chi connectivity index (χ2n) is 5.72. The van der Waals surface area contributed by atoms with Crippen LogP contribution in [-0.4, -0.2) is 41.0 Å². The summed E-state index contributed by atoms with van der Waals surface area (Å²) >= 11 is 1.16. The Morgan fingerprint density at radius 2 is 2.19 bits per heavy atom. The van der Waals surface area contributed by atoms with E-state index in [1.165, 1.54) is 0 Å². The number of ether oxygens (including phenoxy) is 2. The molecule has 8 heteroatoms. The number of carbonyl (C=O) groups excluding carboxylic acids is 1. The highest BCUT2D eigenvalue weighted by molar-refractivity contribution is 7.16. The minimum atomic E-state index is -1.11. The predicted molar refractivity (Wildman–Crippen MR) is 77.1 cm³/mol. The third kappa shape index (κ3) is 4.15.